The minimum atomic E-state index is -2.24. The zero-order valence-corrected chi connectivity index (χ0v) is 46.3. The maximum Gasteiger partial charge on any atom is 0.187 e. The van der Waals surface area contributed by atoms with Gasteiger partial charge in [-0.3, -0.25) is 0 Å². The molecule has 40 atom stereocenters. The van der Waals surface area contributed by atoms with Crippen molar-refractivity contribution in [3.63, 3.8) is 0 Å². The van der Waals surface area contributed by atoms with E-state index in [4.69, 9.17) is 71.1 Å². The van der Waals surface area contributed by atoms with Crippen molar-refractivity contribution in [2.24, 2.45) is 5.92 Å². The maximum atomic E-state index is 11.5. The average Bonchev–Trinajstić information content (AvgIpc) is 1.09. The van der Waals surface area contributed by atoms with Crippen molar-refractivity contribution in [1.82, 2.24) is 0 Å². The van der Waals surface area contributed by atoms with Crippen LogP contribution in [0.25, 0.3) is 0 Å². The van der Waals surface area contributed by atoms with Crippen LogP contribution < -0.4 is 0 Å². The van der Waals surface area contributed by atoms with E-state index in [-0.39, 0.29) is 0 Å². The first kappa shape index (κ1) is 70.7. The lowest BCUT2D eigenvalue weighted by Crippen LogP contribution is -2.68. The van der Waals surface area contributed by atoms with Crippen LogP contribution in [-0.2, 0) is 71.1 Å². The number of ether oxygens (including phenoxy) is 15. The molecule has 0 radical (unpaired) electrons. The van der Waals surface area contributed by atoms with Crippen LogP contribution in [0, 0.1) is 5.92 Å². The Bertz CT molecular complexity index is 1700. The van der Waals surface area contributed by atoms with Gasteiger partial charge in [0.05, 0.1) is 58.5 Å². The zero-order valence-electron chi connectivity index (χ0n) is 46.3. The summed E-state index contributed by atoms with van der Waals surface area (Å²) in [5.74, 6) is -1.27. The van der Waals surface area contributed by atoms with Gasteiger partial charge in [0.2, 0.25) is 0 Å². The van der Waals surface area contributed by atoms with E-state index < -0.39 is 305 Å². The molecule has 29 heterocycles. The van der Waals surface area contributed by atoms with Crippen LogP contribution in [0.1, 0.15) is 6.42 Å². The summed E-state index contributed by atoms with van der Waals surface area (Å²) in [6, 6.07) is 0. The Balaban J connectivity index is 0.975. The highest BCUT2D eigenvalue weighted by Gasteiger charge is 2.60. The second-order valence-corrected chi connectivity index (χ2v) is 23.0. The molecule has 30 rings (SSSR count). The van der Waals surface area contributed by atoms with Crippen LogP contribution in [-0.4, -0.2) is 415 Å². The fraction of sp³-hybridized carbons (Fsp3) is 1.00. The second-order valence-electron chi connectivity index (χ2n) is 23.0. The highest BCUT2D eigenvalue weighted by molar-refractivity contribution is 5.03. The Labute approximate surface area is 497 Å². The molecule has 29 aliphatic heterocycles. The summed E-state index contributed by atoms with van der Waals surface area (Å²) in [6.45, 7) is -8.28. The number of aliphatic hydroxyl groups is 24. The van der Waals surface area contributed by atoms with Gasteiger partial charge in [0.15, 0.2) is 44.0 Å². The van der Waals surface area contributed by atoms with Gasteiger partial charge < -0.3 is 194 Å². The molecule has 1 unspecified atom stereocenters. The Hall–Kier alpha value is -1.56. The minimum Gasteiger partial charge on any atom is -0.396 e. The molecule has 0 amide bonds. The highest BCUT2D eigenvalue weighted by atomic mass is 16.8. The Morgan fingerprint density at radius 1 is 0.182 bits per heavy atom. The molecule has 512 valence electrons. The third kappa shape index (κ3) is 13.8. The van der Waals surface area contributed by atoms with Crippen molar-refractivity contribution in [2.75, 3.05) is 52.9 Å². The molecule has 1 aliphatic carbocycles. The lowest BCUT2D eigenvalue weighted by molar-refractivity contribution is -0.399. The van der Waals surface area contributed by atoms with Crippen LogP contribution in [0.5, 0.6) is 0 Å². The van der Waals surface area contributed by atoms with Crippen LogP contribution in [0.4, 0.5) is 0 Å². The molecule has 88 heavy (non-hydrogen) atoms. The molecule has 0 aromatic rings. The van der Waals surface area contributed by atoms with Crippen LogP contribution >= 0.6 is 0 Å². The van der Waals surface area contributed by atoms with Crippen LogP contribution in [0.15, 0.2) is 0 Å². The lowest BCUT2D eigenvalue weighted by atomic mass is 9.80. The highest BCUT2D eigenvalue weighted by Crippen LogP contribution is 2.40. The van der Waals surface area contributed by atoms with Crippen LogP contribution in [0.3, 0.4) is 0 Å². The summed E-state index contributed by atoms with van der Waals surface area (Å²) >= 11 is 0. The number of aliphatic hydroxyl groups excluding tert-OH is 24. The summed E-state index contributed by atoms with van der Waals surface area (Å²) in [4.78, 5) is 0. The first-order valence-corrected chi connectivity index (χ1v) is 28.5. The van der Waals surface area contributed by atoms with Gasteiger partial charge in [-0.15, -0.1) is 0 Å². The van der Waals surface area contributed by atoms with E-state index in [0.29, 0.717) is 0 Å². The Morgan fingerprint density at radius 2 is 0.352 bits per heavy atom. The molecule has 16 bridgehead atoms. The Morgan fingerprint density at radius 3 is 0.534 bits per heavy atom. The van der Waals surface area contributed by atoms with E-state index in [2.05, 4.69) is 0 Å². The van der Waals surface area contributed by atoms with E-state index in [1.54, 1.807) is 0 Å². The number of hydrogen-bond donors (Lipinski definition) is 24. The van der Waals surface area contributed by atoms with E-state index in [1.165, 1.54) is 0 Å². The molecule has 0 aromatic carbocycles. The monoisotopic (exact) mass is 1290 g/mol. The fourth-order valence-corrected chi connectivity index (χ4v) is 12.4. The van der Waals surface area contributed by atoms with Gasteiger partial charge in [0.25, 0.3) is 0 Å². The fourth-order valence-electron chi connectivity index (χ4n) is 12.4. The van der Waals surface area contributed by atoms with Crippen LogP contribution in [0.2, 0.25) is 0 Å². The first-order chi connectivity index (χ1) is 41.9. The van der Waals surface area contributed by atoms with Gasteiger partial charge in [0, 0.05) is 12.5 Å². The van der Waals surface area contributed by atoms with Gasteiger partial charge in [0.1, 0.15) is 183 Å². The smallest absolute Gasteiger partial charge is 0.187 e. The van der Waals surface area contributed by atoms with Gasteiger partial charge in [-0.25, -0.2) is 0 Å². The molecule has 30 fully saturated rings. The minimum absolute atomic E-state index is 0.464. The first-order valence-electron chi connectivity index (χ1n) is 28.5. The second kappa shape index (κ2) is 30.0. The molecule has 0 spiro atoms. The predicted molar refractivity (Wildman–Crippen MR) is 264 cm³/mol. The summed E-state index contributed by atoms with van der Waals surface area (Å²) in [6.07, 6.45) is -78.7. The lowest BCUT2D eigenvalue weighted by Gasteiger charge is -2.50. The Kier molecular flexibility index (Phi) is 24.1. The summed E-state index contributed by atoms with van der Waals surface area (Å²) < 4.78 is 86.0. The van der Waals surface area contributed by atoms with Crippen molar-refractivity contribution in [1.29, 1.82) is 0 Å². The number of hydrogen-bond acceptors (Lipinski definition) is 39. The molecule has 0 aromatic heterocycles. The molecule has 39 nitrogen and oxygen atoms in total. The third-order valence-electron chi connectivity index (χ3n) is 17.4. The average molecular weight is 1300 g/mol. The predicted octanol–water partition coefficient (Wildman–Crippen LogP) is -16.7. The summed E-state index contributed by atoms with van der Waals surface area (Å²) in [7, 11) is 0. The number of rotatable bonds is 8. The summed E-state index contributed by atoms with van der Waals surface area (Å²) in [5.41, 5.74) is 0. The van der Waals surface area contributed by atoms with Crippen molar-refractivity contribution in [2.45, 2.75) is 246 Å². The molecule has 24 N–H and O–H groups in total. The molecule has 39 heteroatoms. The van der Waals surface area contributed by atoms with Gasteiger partial charge in [-0.2, -0.15) is 0 Å². The van der Waals surface area contributed by atoms with Gasteiger partial charge in [-0.05, 0) is 6.42 Å². The van der Waals surface area contributed by atoms with Gasteiger partial charge in [-0.1, -0.05) is 0 Å². The summed E-state index contributed by atoms with van der Waals surface area (Å²) in [5, 5.41) is 266. The molecule has 29 saturated heterocycles. The van der Waals surface area contributed by atoms with Crippen molar-refractivity contribution in [3.05, 3.63) is 0 Å². The molecule has 30 aliphatic rings. The molecular formula is C49H82O39. The normalized spacial score (nSPS) is 55.4. The third-order valence-corrected chi connectivity index (χ3v) is 17.4. The van der Waals surface area contributed by atoms with Crippen molar-refractivity contribution < 1.29 is 194 Å². The quantitative estimate of drug-likeness (QED) is 0.107. The maximum absolute atomic E-state index is 11.5. The molecular weight excluding hydrogens is 1210 g/mol. The zero-order chi connectivity index (χ0) is 64.1. The van der Waals surface area contributed by atoms with E-state index in [1.807, 2.05) is 0 Å². The van der Waals surface area contributed by atoms with E-state index in [9.17, 15) is 123 Å². The SMILES string of the molecule is OC[C@H]1C[C@@H]2O[C@H]3[C@H](O)[C@@H](O)C(O[C@H]4[C@H](O)[C@@H](O)[C@@H](O[C@H]5[C@H](O)[C@@H](O)[C@@H](O[C@H]6[C@H](O)[C@@H](O)[C@@H](O[C@H]7[C@H](O)[C@@H](O)[C@@H](O[C@H]8[C@H](O)[C@@H](O)[C@@H](O[C@H]9[C@H](O)[C@@H](O)[C@@H](O[C@H]1[C@H](O)[C@H]2O)O[C@@H]9CO)O[C@@H]8CO)O[C@@H]7CO)O[C@@H]6CO)O[C@@H]5CO)O[C@@H]4CO)O[C@@H]3CO. The van der Waals surface area contributed by atoms with Crippen molar-refractivity contribution >= 4 is 0 Å². The topological polar surface area (TPSA) is 624 Å². The van der Waals surface area contributed by atoms with Gasteiger partial charge >= 0.3 is 0 Å². The van der Waals surface area contributed by atoms with E-state index >= 15 is 0 Å². The largest absolute Gasteiger partial charge is 0.396 e. The molecule has 1 saturated carbocycles. The van der Waals surface area contributed by atoms with Crippen molar-refractivity contribution in [3.8, 4) is 0 Å². The van der Waals surface area contributed by atoms with E-state index in [0.717, 1.165) is 0 Å². The standard InChI is InChI=1S/C49H82O39/c50-2-10-1-11-19(58)20(59)35(10)82-43-29(68)22(61)37(13(4-52)76-43)84-45-31(70)24(63)39(15(6-54)78-45)86-47-33(72)26(65)41(17(8-56)80-47)88-49-34(73)27(66)42(18(9-57)81-49)87-48-32(71)25(64)40(16(7-55)79-48)85-46-30(69)23(62)38(14(5-53)77-46)83-44-28(67)21(60)36(74-11)12(3-51)75-44/h10-73H,1-9H2/t10-,11+,12-,13-,14-,15-,16-,17-,18-,19+,20-,21-,22-,23-,24-,25-,26-,27-,28-,29-,30-,31-,32-,33-,34-,35-,36-,37-,38-,39-,40-,41-,42-,43-,44?,45-,46-,47-,48-,49-/m1/s1.